The first-order valence-corrected chi connectivity index (χ1v) is 8.92. The van der Waals surface area contributed by atoms with Crippen molar-refractivity contribution in [3.05, 3.63) is 0 Å². The van der Waals surface area contributed by atoms with E-state index in [4.69, 9.17) is 0 Å². The summed E-state index contributed by atoms with van der Waals surface area (Å²) in [5, 5.41) is 0. The van der Waals surface area contributed by atoms with Gasteiger partial charge < -0.3 is 4.90 Å². The van der Waals surface area contributed by atoms with E-state index in [1.165, 1.54) is 32.4 Å². The van der Waals surface area contributed by atoms with Gasteiger partial charge >= 0.3 is 0 Å². The second kappa shape index (κ2) is 6.40. The fourth-order valence-electron chi connectivity index (χ4n) is 4.05. The maximum Gasteiger partial charge on any atom is 0.137 e. The number of hydrogen-bond donors (Lipinski definition) is 0. The van der Waals surface area contributed by atoms with E-state index in [1.807, 2.05) is 0 Å². The van der Waals surface area contributed by atoms with Crippen molar-refractivity contribution < 1.29 is 4.79 Å². The molecule has 2 atom stereocenters. The Morgan fingerprint density at radius 1 is 1.19 bits per heavy atom. The van der Waals surface area contributed by atoms with Crippen LogP contribution < -0.4 is 0 Å². The van der Waals surface area contributed by atoms with E-state index in [0.29, 0.717) is 28.4 Å². The maximum absolute atomic E-state index is 12.3. The SMILES string of the molecule is CC1(C)CCCN(CC2CC(C(C)(C)C)CCC2=O)CC1. The number of ketones is 1. The highest BCUT2D eigenvalue weighted by atomic mass is 16.1. The van der Waals surface area contributed by atoms with Crippen LogP contribution in [0.1, 0.15) is 73.1 Å². The molecule has 1 saturated heterocycles. The summed E-state index contributed by atoms with van der Waals surface area (Å²) in [5.74, 6) is 1.53. The smallest absolute Gasteiger partial charge is 0.137 e. The molecule has 2 aliphatic rings. The zero-order valence-corrected chi connectivity index (χ0v) is 14.9. The molecule has 2 heteroatoms. The normalized spacial score (nSPS) is 32.0. The molecule has 0 N–H and O–H groups in total. The molecular weight excluding hydrogens is 258 g/mol. The average Bonchev–Trinajstić information content (AvgIpc) is 2.52. The van der Waals surface area contributed by atoms with Gasteiger partial charge in [-0.1, -0.05) is 34.6 Å². The summed E-state index contributed by atoms with van der Waals surface area (Å²) in [7, 11) is 0. The zero-order chi connectivity index (χ0) is 15.7. The van der Waals surface area contributed by atoms with Gasteiger partial charge in [0.2, 0.25) is 0 Å². The summed E-state index contributed by atoms with van der Waals surface area (Å²) >= 11 is 0. The molecule has 1 aliphatic carbocycles. The second-order valence-electron chi connectivity index (χ2n) is 9.32. The van der Waals surface area contributed by atoms with Crippen molar-refractivity contribution in [1.82, 2.24) is 4.90 Å². The van der Waals surface area contributed by atoms with Gasteiger partial charge in [-0.3, -0.25) is 4.79 Å². The van der Waals surface area contributed by atoms with Gasteiger partial charge in [-0.2, -0.15) is 0 Å². The van der Waals surface area contributed by atoms with Crippen molar-refractivity contribution in [3.63, 3.8) is 0 Å². The van der Waals surface area contributed by atoms with Crippen LogP contribution in [0.3, 0.4) is 0 Å². The number of carbonyl (C=O) groups is 1. The number of likely N-dealkylation sites (tertiary alicyclic amines) is 1. The lowest BCUT2D eigenvalue weighted by atomic mass is 9.68. The van der Waals surface area contributed by atoms with Crippen LogP contribution in [0.2, 0.25) is 0 Å². The van der Waals surface area contributed by atoms with E-state index in [1.54, 1.807) is 0 Å². The quantitative estimate of drug-likeness (QED) is 0.745. The molecule has 0 spiro atoms. The van der Waals surface area contributed by atoms with Gasteiger partial charge in [-0.25, -0.2) is 0 Å². The van der Waals surface area contributed by atoms with Gasteiger partial charge in [-0.05, 0) is 61.9 Å². The van der Waals surface area contributed by atoms with Crippen LogP contribution in [-0.4, -0.2) is 30.3 Å². The van der Waals surface area contributed by atoms with Crippen molar-refractivity contribution in [2.75, 3.05) is 19.6 Å². The lowest BCUT2D eigenvalue weighted by molar-refractivity contribution is -0.127. The Morgan fingerprint density at radius 2 is 1.90 bits per heavy atom. The predicted octanol–water partition coefficient (Wildman–Crippen LogP) is 4.53. The molecule has 122 valence electrons. The summed E-state index contributed by atoms with van der Waals surface area (Å²) in [5.41, 5.74) is 0.832. The van der Waals surface area contributed by atoms with E-state index < -0.39 is 0 Å². The van der Waals surface area contributed by atoms with Gasteiger partial charge in [-0.15, -0.1) is 0 Å². The summed E-state index contributed by atoms with van der Waals surface area (Å²) in [6.45, 7) is 15.2. The third-order valence-electron chi connectivity index (χ3n) is 5.90. The Kier molecular flexibility index (Phi) is 5.18. The number of hydrogen-bond acceptors (Lipinski definition) is 2. The molecule has 0 radical (unpaired) electrons. The highest BCUT2D eigenvalue weighted by molar-refractivity contribution is 5.82. The van der Waals surface area contributed by atoms with Crippen molar-refractivity contribution >= 4 is 5.78 Å². The predicted molar refractivity (Wildman–Crippen MR) is 89.4 cm³/mol. The van der Waals surface area contributed by atoms with E-state index in [2.05, 4.69) is 39.5 Å². The largest absolute Gasteiger partial charge is 0.303 e. The van der Waals surface area contributed by atoms with Crippen LogP contribution in [0.15, 0.2) is 0 Å². The molecule has 1 aliphatic heterocycles. The number of Topliss-reactive ketones (excluding diaryl/α,β-unsaturated/α-hetero) is 1. The highest BCUT2D eigenvalue weighted by Gasteiger charge is 2.36. The van der Waals surface area contributed by atoms with Gasteiger partial charge in [0.15, 0.2) is 0 Å². The molecule has 1 heterocycles. The first-order valence-electron chi connectivity index (χ1n) is 8.92. The van der Waals surface area contributed by atoms with E-state index in [-0.39, 0.29) is 0 Å². The van der Waals surface area contributed by atoms with Crippen LogP contribution in [0.4, 0.5) is 0 Å². The Labute approximate surface area is 131 Å². The standard InChI is InChI=1S/C19H35NO/c1-18(2,3)16-7-8-17(21)15(13-16)14-20-11-6-9-19(4,5)10-12-20/h15-16H,6-14H2,1-5H3. The summed E-state index contributed by atoms with van der Waals surface area (Å²) in [4.78, 5) is 14.9. The first-order chi connectivity index (χ1) is 9.67. The summed E-state index contributed by atoms with van der Waals surface area (Å²) in [6.07, 6.45) is 6.92. The Balaban J connectivity index is 1.93. The van der Waals surface area contributed by atoms with Gasteiger partial charge in [0.25, 0.3) is 0 Å². The monoisotopic (exact) mass is 293 g/mol. The molecule has 2 unspecified atom stereocenters. The Hall–Kier alpha value is -0.370. The Morgan fingerprint density at radius 3 is 2.57 bits per heavy atom. The van der Waals surface area contributed by atoms with Crippen molar-refractivity contribution in [3.8, 4) is 0 Å². The molecule has 21 heavy (non-hydrogen) atoms. The lowest BCUT2D eigenvalue weighted by Crippen LogP contribution is -2.39. The van der Waals surface area contributed by atoms with Crippen molar-refractivity contribution in [2.24, 2.45) is 22.7 Å². The van der Waals surface area contributed by atoms with E-state index >= 15 is 0 Å². The molecule has 2 nitrogen and oxygen atoms in total. The minimum absolute atomic E-state index is 0.296. The van der Waals surface area contributed by atoms with Gasteiger partial charge in [0.05, 0.1) is 0 Å². The van der Waals surface area contributed by atoms with Crippen LogP contribution in [0.25, 0.3) is 0 Å². The number of rotatable bonds is 2. The molecule has 0 aromatic carbocycles. The summed E-state index contributed by atoms with van der Waals surface area (Å²) in [6, 6.07) is 0. The molecule has 2 rings (SSSR count). The van der Waals surface area contributed by atoms with Crippen LogP contribution >= 0.6 is 0 Å². The molecule has 0 aromatic heterocycles. The fraction of sp³-hybridized carbons (Fsp3) is 0.947. The van der Waals surface area contributed by atoms with Crippen LogP contribution in [0, 0.1) is 22.7 Å². The molecule has 2 fully saturated rings. The van der Waals surface area contributed by atoms with Gasteiger partial charge in [0, 0.05) is 18.9 Å². The molecule has 0 aromatic rings. The Bertz CT molecular complexity index is 366. The molecular formula is C19H35NO. The minimum atomic E-state index is 0.296. The topological polar surface area (TPSA) is 20.3 Å². The van der Waals surface area contributed by atoms with Gasteiger partial charge in [0.1, 0.15) is 5.78 Å². The summed E-state index contributed by atoms with van der Waals surface area (Å²) < 4.78 is 0. The third-order valence-corrected chi connectivity index (χ3v) is 5.90. The van der Waals surface area contributed by atoms with Crippen LogP contribution in [-0.2, 0) is 4.79 Å². The average molecular weight is 293 g/mol. The molecule has 1 saturated carbocycles. The molecule has 0 amide bonds. The zero-order valence-electron chi connectivity index (χ0n) is 14.9. The van der Waals surface area contributed by atoms with Crippen LogP contribution in [0.5, 0.6) is 0 Å². The lowest BCUT2D eigenvalue weighted by Gasteiger charge is -2.38. The first kappa shape index (κ1) is 17.0. The number of carbonyl (C=O) groups excluding carboxylic acids is 1. The fourth-order valence-corrected chi connectivity index (χ4v) is 4.05. The molecule has 0 bridgehead atoms. The van der Waals surface area contributed by atoms with E-state index in [0.717, 1.165) is 25.8 Å². The minimum Gasteiger partial charge on any atom is -0.303 e. The van der Waals surface area contributed by atoms with Crippen molar-refractivity contribution in [2.45, 2.75) is 73.1 Å². The van der Waals surface area contributed by atoms with Crippen molar-refractivity contribution in [1.29, 1.82) is 0 Å². The van der Waals surface area contributed by atoms with E-state index in [9.17, 15) is 4.79 Å². The maximum atomic E-state index is 12.3. The second-order valence-corrected chi connectivity index (χ2v) is 9.32. The number of nitrogens with zero attached hydrogens (tertiary/aromatic N) is 1. The third kappa shape index (κ3) is 4.81. The highest BCUT2D eigenvalue weighted by Crippen LogP contribution is 2.39.